The summed E-state index contributed by atoms with van der Waals surface area (Å²) in [6.07, 6.45) is 1.68. The van der Waals surface area contributed by atoms with Crippen LogP contribution in [0.15, 0.2) is 11.7 Å². The highest BCUT2D eigenvalue weighted by molar-refractivity contribution is 7.09. The van der Waals surface area contributed by atoms with Crippen LogP contribution in [0.1, 0.15) is 10.6 Å². The van der Waals surface area contributed by atoms with Gasteiger partial charge in [0.2, 0.25) is 5.95 Å². The van der Waals surface area contributed by atoms with Gasteiger partial charge in [-0.15, -0.1) is 11.3 Å². The molecule has 0 fully saturated rings. The molecule has 18 heavy (non-hydrogen) atoms. The number of hydrogen-bond acceptors (Lipinski definition) is 7. The van der Waals surface area contributed by atoms with Crippen LogP contribution >= 0.6 is 11.3 Å². The number of H-pyrrole nitrogens is 1. The molecule has 4 N–H and O–H groups in total. The monoisotopic (exact) mass is 261 g/mol. The van der Waals surface area contributed by atoms with Crippen molar-refractivity contribution in [1.29, 1.82) is 0 Å². The second-order valence-electron chi connectivity index (χ2n) is 3.78. The molecule has 3 aromatic rings. The number of fused-ring (bicyclic) bond motifs is 1. The lowest BCUT2D eigenvalue weighted by atomic mass is 10.3. The molecule has 3 rings (SSSR count). The van der Waals surface area contributed by atoms with Crippen LogP contribution < -0.4 is 11.1 Å². The van der Waals surface area contributed by atoms with Gasteiger partial charge in [-0.2, -0.15) is 15.1 Å². The molecule has 0 aromatic carbocycles. The van der Waals surface area contributed by atoms with E-state index in [0.29, 0.717) is 18.0 Å². The number of aryl methyl sites for hydroxylation is 1. The lowest BCUT2D eigenvalue weighted by Crippen LogP contribution is -2.04. The number of aromatic amines is 1. The summed E-state index contributed by atoms with van der Waals surface area (Å²) >= 11 is 1.61. The number of hydrogen-bond donors (Lipinski definition) is 3. The molecule has 0 aliphatic carbocycles. The van der Waals surface area contributed by atoms with Crippen LogP contribution in [0.3, 0.4) is 0 Å². The summed E-state index contributed by atoms with van der Waals surface area (Å²) in [6.45, 7) is 2.64. The van der Waals surface area contributed by atoms with E-state index in [9.17, 15) is 0 Å². The molecule has 0 spiro atoms. The van der Waals surface area contributed by atoms with Crippen molar-refractivity contribution in [3.05, 3.63) is 22.3 Å². The molecule has 0 saturated heterocycles. The third-order valence-electron chi connectivity index (χ3n) is 2.59. The molecule has 8 heteroatoms. The molecule has 0 bridgehead atoms. The minimum Gasteiger partial charge on any atom is -0.368 e. The molecule has 0 aliphatic rings. The van der Waals surface area contributed by atoms with E-state index in [-0.39, 0.29) is 5.95 Å². The number of nitrogens with zero attached hydrogens (tertiary/aromatic N) is 4. The Labute approximate surface area is 106 Å². The zero-order chi connectivity index (χ0) is 12.5. The Morgan fingerprint density at radius 1 is 1.44 bits per heavy atom. The van der Waals surface area contributed by atoms with Crippen LogP contribution in [0.4, 0.5) is 11.8 Å². The van der Waals surface area contributed by atoms with Crippen molar-refractivity contribution >= 4 is 34.1 Å². The van der Waals surface area contributed by atoms with Gasteiger partial charge in [0.25, 0.3) is 0 Å². The van der Waals surface area contributed by atoms with Crippen molar-refractivity contribution in [3.63, 3.8) is 0 Å². The quantitative estimate of drug-likeness (QED) is 0.656. The Kier molecular flexibility index (Phi) is 2.56. The Morgan fingerprint density at radius 3 is 3.11 bits per heavy atom. The molecular formula is C10H11N7S. The van der Waals surface area contributed by atoms with Gasteiger partial charge < -0.3 is 11.1 Å². The van der Waals surface area contributed by atoms with Gasteiger partial charge in [-0.25, -0.2) is 4.98 Å². The van der Waals surface area contributed by atoms with Gasteiger partial charge in [-0.05, 0) is 6.92 Å². The number of nitrogens with one attached hydrogen (secondary N) is 2. The van der Waals surface area contributed by atoms with Crippen LogP contribution in [-0.2, 0) is 6.54 Å². The number of anilines is 2. The van der Waals surface area contributed by atoms with Gasteiger partial charge in [0.15, 0.2) is 5.65 Å². The molecule has 0 saturated carbocycles. The highest BCUT2D eigenvalue weighted by Gasteiger charge is 2.08. The van der Waals surface area contributed by atoms with Crippen molar-refractivity contribution < 1.29 is 0 Å². The first-order chi connectivity index (χ1) is 8.74. The van der Waals surface area contributed by atoms with E-state index in [0.717, 1.165) is 11.1 Å². The van der Waals surface area contributed by atoms with Crippen molar-refractivity contribution in [2.45, 2.75) is 13.5 Å². The lowest BCUT2D eigenvalue weighted by molar-refractivity contribution is 1.08. The maximum atomic E-state index is 5.64. The Hall–Kier alpha value is -2.22. The van der Waals surface area contributed by atoms with Gasteiger partial charge in [0.05, 0.1) is 29.3 Å². The molecule has 3 aromatic heterocycles. The molecule has 0 unspecified atom stereocenters. The first kappa shape index (κ1) is 10.9. The fourth-order valence-electron chi connectivity index (χ4n) is 1.65. The van der Waals surface area contributed by atoms with Crippen LogP contribution in [0.2, 0.25) is 0 Å². The molecule has 0 aliphatic heterocycles. The third kappa shape index (κ3) is 1.86. The van der Waals surface area contributed by atoms with E-state index < -0.39 is 0 Å². The summed E-state index contributed by atoms with van der Waals surface area (Å²) < 4.78 is 0. The predicted molar refractivity (Wildman–Crippen MR) is 70.3 cm³/mol. The second kappa shape index (κ2) is 4.22. The van der Waals surface area contributed by atoms with Gasteiger partial charge in [-0.3, -0.25) is 5.10 Å². The summed E-state index contributed by atoms with van der Waals surface area (Å²) in [4.78, 5) is 13.6. The number of rotatable bonds is 3. The van der Waals surface area contributed by atoms with Gasteiger partial charge in [0, 0.05) is 4.88 Å². The summed E-state index contributed by atoms with van der Waals surface area (Å²) in [5.74, 6) is 0.898. The van der Waals surface area contributed by atoms with Crippen molar-refractivity contribution in [2.75, 3.05) is 11.1 Å². The number of aromatic nitrogens is 5. The summed E-state index contributed by atoms with van der Waals surface area (Å²) in [7, 11) is 0. The van der Waals surface area contributed by atoms with Crippen molar-refractivity contribution in [3.8, 4) is 0 Å². The van der Waals surface area contributed by atoms with Gasteiger partial charge in [0.1, 0.15) is 5.82 Å². The highest BCUT2D eigenvalue weighted by Crippen LogP contribution is 2.20. The zero-order valence-electron chi connectivity index (χ0n) is 9.64. The SMILES string of the molecule is Cc1ncsc1CNc1nc(N)nc2[nH]ncc12. The van der Waals surface area contributed by atoms with E-state index in [2.05, 4.69) is 30.5 Å². The van der Waals surface area contributed by atoms with Crippen molar-refractivity contribution in [1.82, 2.24) is 25.1 Å². The fraction of sp³-hybridized carbons (Fsp3) is 0.200. The Morgan fingerprint density at radius 2 is 2.33 bits per heavy atom. The third-order valence-corrected chi connectivity index (χ3v) is 3.52. The van der Waals surface area contributed by atoms with E-state index in [1.54, 1.807) is 17.5 Å². The van der Waals surface area contributed by atoms with Crippen LogP contribution in [-0.4, -0.2) is 25.1 Å². The average molecular weight is 261 g/mol. The van der Waals surface area contributed by atoms with Crippen LogP contribution in [0.5, 0.6) is 0 Å². The molecule has 3 heterocycles. The summed E-state index contributed by atoms with van der Waals surface area (Å²) in [5, 5.41) is 10.8. The first-order valence-corrected chi connectivity index (χ1v) is 6.21. The second-order valence-corrected chi connectivity index (χ2v) is 4.72. The van der Waals surface area contributed by atoms with E-state index >= 15 is 0 Å². The maximum Gasteiger partial charge on any atom is 0.224 e. The molecule has 0 radical (unpaired) electrons. The molecule has 0 amide bonds. The van der Waals surface area contributed by atoms with Gasteiger partial charge >= 0.3 is 0 Å². The van der Waals surface area contributed by atoms with Crippen molar-refractivity contribution in [2.24, 2.45) is 0 Å². The molecular weight excluding hydrogens is 250 g/mol. The Balaban J connectivity index is 1.90. The highest BCUT2D eigenvalue weighted by atomic mass is 32.1. The maximum absolute atomic E-state index is 5.64. The molecule has 0 atom stereocenters. The van der Waals surface area contributed by atoms with Crippen LogP contribution in [0.25, 0.3) is 11.0 Å². The summed E-state index contributed by atoms with van der Waals surface area (Å²) in [6, 6.07) is 0. The van der Waals surface area contributed by atoms with Crippen LogP contribution in [0, 0.1) is 6.92 Å². The topological polar surface area (TPSA) is 105 Å². The molecule has 7 nitrogen and oxygen atoms in total. The lowest BCUT2D eigenvalue weighted by Gasteiger charge is -2.06. The smallest absolute Gasteiger partial charge is 0.224 e. The minimum atomic E-state index is 0.218. The predicted octanol–water partition coefficient (Wildman–Crippen LogP) is 1.31. The van der Waals surface area contributed by atoms with E-state index in [4.69, 9.17) is 5.73 Å². The zero-order valence-corrected chi connectivity index (χ0v) is 10.5. The number of nitrogen functional groups attached to an aromatic ring is 1. The summed E-state index contributed by atoms with van der Waals surface area (Å²) in [5.41, 5.74) is 9.13. The minimum absolute atomic E-state index is 0.218. The Bertz CT molecular complexity index is 686. The first-order valence-electron chi connectivity index (χ1n) is 5.33. The fourth-order valence-corrected chi connectivity index (χ4v) is 2.36. The number of thiazole rings is 1. The van der Waals surface area contributed by atoms with E-state index in [1.165, 1.54) is 4.88 Å². The number of nitrogens with two attached hydrogens (primary N) is 1. The average Bonchev–Trinajstić information content (AvgIpc) is 2.94. The standard InChI is InChI=1S/C10H11N7S/c1-5-7(18-4-13-5)3-12-8-6-2-14-17-9(6)16-10(11)15-8/h2,4H,3H2,1H3,(H4,11,12,14,15,16,17). The van der Waals surface area contributed by atoms with E-state index in [1.807, 2.05) is 12.4 Å². The largest absolute Gasteiger partial charge is 0.368 e. The van der Waals surface area contributed by atoms with Gasteiger partial charge in [-0.1, -0.05) is 0 Å². The normalized spacial score (nSPS) is 10.9. The molecule has 92 valence electrons.